The van der Waals surface area contributed by atoms with E-state index in [1.165, 1.54) is 16.7 Å². The van der Waals surface area contributed by atoms with Crippen LogP contribution in [0.5, 0.6) is 0 Å². The van der Waals surface area contributed by atoms with Gasteiger partial charge in [-0.3, -0.25) is 9.67 Å². The zero-order valence-electron chi connectivity index (χ0n) is 14.4. The number of aliphatic imine (C=N–C) groups is 1. The van der Waals surface area contributed by atoms with Gasteiger partial charge < -0.3 is 10.2 Å². The minimum atomic E-state index is 0.865. The van der Waals surface area contributed by atoms with Crippen molar-refractivity contribution in [1.82, 2.24) is 20.0 Å². The van der Waals surface area contributed by atoms with Crippen LogP contribution in [0.3, 0.4) is 0 Å². The van der Waals surface area contributed by atoms with E-state index in [9.17, 15) is 0 Å². The van der Waals surface area contributed by atoms with Crippen LogP contribution in [0.25, 0.3) is 5.57 Å². The van der Waals surface area contributed by atoms with Crippen molar-refractivity contribution in [1.29, 1.82) is 0 Å². The molecular formula is C19H25N5. The fraction of sp³-hybridized carbons (Fsp3) is 0.368. The van der Waals surface area contributed by atoms with Gasteiger partial charge in [0.1, 0.15) is 0 Å². The summed E-state index contributed by atoms with van der Waals surface area (Å²) in [6, 6.07) is 10.6. The average molecular weight is 323 g/mol. The molecule has 3 rings (SSSR count). The molecule has 126 valence electrons. The van der Waals surface area contributed by atoms with Crippen molar-refractivity contribution in [2.45, 2.75) is 12.8 Å². The smallest absolute Gasteiger partial charge is 0.193 e. The molecule has 0 fully saturated rings. The van der Waals surface area contributed by atoms with Crippen LogP contribution in [0.1, 0.15) is 17.5 Å². The zero-order valence-corrected chi connectivity index (χ0v) is 14.4. The summed E-state index contributed by atoms with van der Waals surface area (Å²) >= 11 is 0. The van der Waals surface area contributed by atoms with Crippen molar-refractivity contribution in [3.05, 3.63) is 59.9 Å². The van der Waals surface area contributed by atoms with Gasteiger partial charge in [-0.05, 0) is 29.5 Å². The van der Waals surface area contributed by atoms with Crippen molar-refractivity contribution in [3.8, 4) is 0 Å². The van der Waals surface area contributed by atoms with Crippen LogP contribution in [0.4, 0.5) is 0 Å². The van der Waals surface area contributed by atoms with E-state index in [-0.39, 0.29) is 0 Å². The summed E-state index contributed by atoms with van der Waals surface area (Å²) in [4.78, 5) is 6.73. The summed E-state index contributed by atoms with van der Waals surface area (Å²) in [6.07, 6.45) is 8.28. The second-order valence-corrected chi connectivity index (χ2v) is 6.04. The molecule has 0 amide bonds. The molecule has 1 aromatic heterocycles. The monoisotopic (exact) mass is 323 g/mol. The fourth-order valence-electron chi connectivity index (χ4n) is 3.03. The highest BCUT2D eigenvalue weighted by molar-refractivity contribution is 5.81. The number of guanidine groups is 1. The molecule has 0 unspecified atom stereocenters. The number of hydrogen-bond acceptors (Lipinski definition) is 2. The fourth-order valence-corrected chi connectivity index (χ4v) is 3.03. The van der Waals surface area contributed by atoms with Gasteiger partial charge in [0.25, 0.3) is 0 Å². The lowest BCUT2D eigenvalue weighted by atomic mass is 10.00. The Hall–Kier alpha value is -2.56. The Bertz CT molecular complexity index is 714. The Morgan fingerprint density at radius 2 is 2.12 bits per heavy atom. The number of rotatable bonds is 4. The molecule has 0 bridgehead atoms. The quantitative estimate of drug-likeness (QED) is 0.694. The molecule has 0 radical (unpaired) electrons. The zero-order chi connectivity index (χ0) is 16.8. The maximum Gasteiger partial charge on any atom is 0.193 e. The molecule has 1 aliphatic heterocycles. The Morgan fingerprint density at radius 3 is 2.75 bits per heavy atom. The van der Waals surface area contributed by atoms with Gasteiger partial charge in [-0.25, -0.2) is 0 Å². The third-order valence-electron chi connectivity index (χ3n) is 4.32. The standard InChI is InChI=1S/C19H25N5/c1-20-19(21-11-8-16-14-22-23(2)15-16)24-12-9-18(10-13-24)17-6-4-3-5-7-17/h3-7,9,14-15H,8,10-13H2,1-2H3,(H,20,21). The molecule has 0 saturated carbocycles. The summed E-state index contributed by atoms with van der Waals surface area (Å²) in [7, 11) is 3.79. The lowest BCUT2D eigenvalue weighted by Gasteiger charge is -2.29. The molecule has 0 spiro atoms. The summed E-state index contributed by atoms with van der Waals surface area (Å²) in [5, 5.41) is 7.66. The molecule has 1 aliphatic rings. The summed E-state index contributed by atoms with van der Waals surface area (Å²) in [5.41, 5.74) is 4.00. The number of hydrogen-bond donors (Lipinski definition) is 1. The highest BCUT2D eigenvalue weighted by Crippen LogP contribution is 2.21. The van der Waals surface area contributed by atoms with E-state index in [4.69, 9.17) is 0 Å². The highest BCUT2D eigenvalue weighted by Gasteiger charge is 2.15. The molecule has 1 aromatic carbocycles. The van der Waals surface area contributed by atoms with Crippen LogP contribution in [-0.2, 0) is 13.5 Å². The van der Waals surface area contributed by atoms with E-state index >= 15 is 0 Å². The Kier molecular flexibility index (Phi) is 5.31. The molecular weight excluding hydrogens is 298 g/mol. The van der Waals surface area contributed by atoms with Crippen LogP contribution in [-0.4, -0.2) is 47.3 Å². The number of nitrogens with zero attached hydrogens (tertiary/aromatic N) is 4. The van der Waals surface area contributed by atoms with E-state index in [2.05, 4.69) is 62.9 Å². The predicted molar refractivity (Wildman–Crippen MR) is 98.9 cm³/mol. The first-order valence-corrected chi connectivity index (χ1v) is 8.44. The van der Waals surface area contributed by atoms with Gasteiger partial charge >= 0.3 is 0 Å². The minimum absolute atomic E-state index is 0.865. The number of benzene rings is 1. The van der Waals surface area contributed by atoms with Crippen LogP contribution in [0, 0.1) is 0 Å². The molecule has 2 aromatic rings. The lowest BCUT2D eigenvalue weighted by molar-refractivity contribution is 0.440. The van der Waals surface area contributed by atoms with E-state index in [0.29, 0.717) is 0 Å². The minimum Gasteiger partial charge on any atom is -0.356 e. The average Bonchev–Trinajstić information content (AvgIpc) is 3.05. The lowest BCUT2D eigenvalue weighted by Crippen LogP contribution is -2.44. The summed E-state index contributed by atoms with van der Waals surface area (Å²) < 4.78 is 1.84. The van der Waals surface area contributed by atoms with Crippen molar-refractivity contribution in [2.24, 2.45) is 12.0 Å². The number of aromatic nitrogens is 2. The topological polar surface area (TPSA) is 45.5 Å². The first kappa shape index (κ1) is 16.3. The second kappa shape index (κ2) is 7.81. The van der Waals surface area contributed by atoms with Crippen LogP contribution in [0.15, 0.2) is 53.8 Å². The SMILES string of the molecule is CN=C(NCCc1cnn(C)c1)N1CC=C(c2ccccc2)CC1. The second-order valence-electron chi connectivity index (χ2n) is 6.04. The molecule has 24 heavy (non-hydrogen) atoms. The normalized spacial score (nSPS) is 15.3. The van der Waals surface area contributed by atoms with Gasteiger partial charge in [0, 0.05) is 39.9 Å². The first-order valence-electron chi connectivity index (χ1n) is 8.44. The van der Waals surface area contributed by atoms with E-state index in [1.807, 2.05) is 25.0 Å². The van der Waals surface area contributed by atoms with E-state index < -0.39 is 0 Å². The van der Waals surface area contributed by atoms with Crippen molar-refractivity contribution < 1.29 is 0 Å². The van der Waals surface area contributed by atoms with Crippen molar-refractivity contribution >= 4 is 11.5 Å². The van der Waals surface area contributed by atoms with Crippen molar-refractivity contribution in [2.75, 3.05) is 26.7 Å². The van der Waals surface area contributed by atoms with Crippen LogP contribution < -0.4 is 5.32 Å². The van der Waals surface area contributed by atoms with Crippen LogP contribution >= 0.6 is 0 Å². The molecule has 0 atom stereocenters. The Morgan fingerprint density at radius 1 is 1.29 bits per heavy atom. The predicted octanol–water partition coefficient (Wildman–Crippen LogP) is 2.33. The molecule has 5 nitrogen and oxygen atoms in total. The van der Waals surface area contributed by atoms with Gasteiger partial charge in [-0.1, -0.05) is 36.4 Å². The molecule has 0 saturated heterocycles. The maximum absolute atomic E-state index is 4.43. The molecule has 0 aliphatic carbocycles. The van der Waals surface area contributed by atoms with Gasteiger partial charge in [-0.15, -0.1) is 0 Å². The largest absolute Gasteiger partial charge is 0.356 e. The third-order valence-corrected chi connectivity index (χ3v) is 4.32. The Balaban J connectivity index is 1.53. The van der Waals surface area contributed by atoms with Gasteiger partial charge in [-0.2, -0.15) is 5.10 Å². The summed E-state index contributed by atoms with van der Waals surface area (Å²) in [6.45, 7) is 2.76. The van der Waals surface area contributed by atoms with Crippen molar-refractivity contribution in [3.63, 3.8) is 0 Å². The van der Waals surface area contributed by atoms with Crippen LogP contribution in [0.2, 0.25) is 0 Å². The van der Waals surface area contributed by atoms with Gasteiger partial charge in [0.15, 0.2) is 5.96 Å². The third kappa shape index (κ3) is 4.04. The van der Waals surface area contributed by atoms with E-state index in [0.717, 1.165) is 38.4 Å². The molecule has 5 heteroatoms. The highest BCUT2D eigenvalue weighted by atomic mass is 15.3. The van der Waals surface area contributed by atoms with Gasteiger partial charge in [0.05, 0.1) is 6.20 Å². The molecule has 1 N–H and O–H groups in total. The first-order chi connectivity index (χ1) is 11.8. The Labute approximate surface area is 143 Å². The summed E-state index contributed by atoms with van der Waals surface area (Å²) in [5.74, 6) is 0.974. The number of nitrogens with one attached hydrogen (secondary N) is 1. The van der Waals surface area contributed by atoms with E-state index in [1.54, 1.807) is 0 Å². The maximum atomic E-state index is 4.43. The van der Waals surface area contributed by atoms with Gasteiger partial charge in [0.2, 0.25) is 0 Å². The molecule has 2 heterocycles. The number of aryl methyl sites for hydroxylation is 1.